The van der Waals surface area contributed by atoms with E-state index in [1.807, 2.05) is 11.8 Å². The van der Waals surface area contributed by atoms with Gasteiger partial charge in [-0.05, 0) is 43.7 Å². The fraction of sp³-hybridized carbons (Fsp3) is 0.444. The summed E-state index contributed by atoms with van der Waals surface area (Å²) in [6, 6.07) is 4.95. The van der Waals surface area contributed by atoms with Crippen LogP contribution in [0.5, 0.6) is 5.75 Å². The first-order valence-corrected chi connectivity index (χ1v) is 8.45. The SMILES string of the molecule is Cc1cc(C(F)(F)F)cc(O)c1-c1ccc(N2C[C@@H](CO)O[C@H](C)C2)nn1. The number of phenolic OH excluding ortho intramolecular Hbond substituents is 1. The summed E-state index contributed by atoms with van der Waals surface area (Å²) in [5, 5.41) is 27.6. The predicted octanol–water partition coefficient (Wildman–Crippen LogP) is 2.76. The van der Waals surface area contributed by atoms with Gasteiger partial charge in [0.25, 0.3) is 0 Å². The van der Waals surface area contributed by atoms with Crippen molar-refractivity contribution in [3.05, 3.63) is 35.4 Å². The van der Waals surface area contributed by atoms with Gasteiger partial charge < -0.3 is 19.8 Å². The van der Waals surface area contributed by atoms with Crippen LogP contribution in [0.15, 0.2) is 24.3 Å². The van der Waals surface area contributed by atoms with Gasteiger partial charge in [-0.2, -0.15) is 13.2 Å². The summed E-state index contributed by atoms with van der Waals surface area (Å²) < 4.78 is 44.2. The van der Waals surface area contributed by atoms with E-state index in [1.165, 1.54) is 6.92 Å². The van der Waals surface area contributed by atoms with Crippen LogP contribution < -0.4 is 4.90 Å². The van der Waals surface area contributed by atoms with Gasteiger partial charge in [0.2, 0.25) is 0 Å². The number of phenols is 1. The largest absolute Gasteiger partial charge is 0.507 e. The lowest BCUT2D eigenvalue weighted by molar-refractivity contribution is -0.137. The summed E-state index contributed by atoms with van der Waals surface area (Å²) in [6.07, 6.45) is -4.94. The van der Waals surface area contributed by atoms with Crippen molar-refractivity contribution in [3.63, 3.8) is 0 Å². The number of nitrogens with zero attached hydrogens (tertiary/aromatic N) is 3. The van der Waals surface area contributed by atoms with Crippen molar-refractivity contribution in [1.82, 2.24) is 10.2 Å². The Hall–Kier alpha value is -2.39. The molecule has 1 aliphatic heterocycles. The number of anilines is 1. The van der Waals surface area contributed by atoms with Crippen LogP contribution in [0.2, 0.25) is 0 Å². The highest BCUT2D eigenvalue weighted by Crippen LogP contribution is 2.38. The summed E-state index contributed by atoms with van der Waals surface area (Å²) in [6.45, 7) is 4.30. The molecular formula is C18H20F3N3O3. The van der Waals surface area contributed by atoms with Crippen LogP contribution >= 0.6 is 0 Å². The number of aryl methyl sites for hydroxylation is 1. The molecule has 0 unspecified atom stereocenters. The zero-order valence-corrected chi connectivity index (χ0v) is 14.9. The molecule has 2 N–H and O–H groups in total. The Morgan fingerprint density at radius 2 is 1.96 bits per heavy atom. The molecule has 0 amide bonds. The second-order valence-corrected chi connectivity index (χ2v) is 6.62. The average Bonchev–Trinajstić information content (AvgIpc) is 2.60. The Morgan fingerprint density at radius 3 is 2.52 bits per heavy atom. The highest BCUT2D eigenvalue weighted by molar-refractivity contribution is 5.71. The first-order valence-electron chi connectivity index (χ1n) is 8.45. The normalized spacial score (nSPS) is 20.7. The molecule has 0 saturated carbocycles. The molecule has 27 heavy (non-hydrogen) atoms. The minimum Gasteiger partial charge on any atom is -0.507 e. The highest BCUT2D eigenvalue weighted by Gasteiger charge is 2.32. The maximum Gasteiger partial charge on any atom is 0.416 e. The van der Waals surface area contributed by atoms with E-state index in [0.717, 1.165) is 6.07 Å². The molecule has 0 aliphatic carbocycles. The number of ether oxygens (including phenoxy) is 1. The molecule has 2 heterocycles. The minimum absolute atomic E-state index is 0.0846. The van der Waals surface area contributed by atoms with Gasteiger partial charge in [0.15, 0.2) is 5.82 Å². The molecular weight excluding hydrogens is 363 g/mol. The van der Waals surface area contributed by atoms with Crippen molar-refractivity contribution in [1.29, 1.82) is 0 Å². The maximum absolute atomic E-state index is 12.9. The number of aromatic nitrogens is 2. The van der Waals surface area contributed by atoms with Crippen LogP contribution in [0.25, 0.3) is 11.3 Å². The molecule has 0 bridgehead atoms. The Balaban J connectivity index is 1.88. The Labute approximate surface area is 154 Å². The number of aliphatic hydroxyl groups is 1. The van der Waals surface area contributed by atoms with Crippen molar-refractivity contribution in [2.75, 3.05) is 24.6 Å². The van der Waals surface area contributed by atoms with Crippen molar-refractivity contribution in [2.45, 2.75) is 32.2 Å². The lowest BCUT2D eigenvalue weighted by Crippen LogP contribution is -2.48. The van der Waals surface area contributed by atoms with Gasteiger partial charge in [0.1, 0.15) is 5.75 Å². The molecule has 9 heteroatoms. The van der Waals surface area contributed by atoms with Crippen molar-refractivity contribution >= 4 is 5.82 Å². The van der Waals surface area contributed by atoms with E-state index in [1.54, 1.807) is 12.1 Å². The van der Waals surface area contributed by atoms with Crippen LogP contribution in [-0.4, -0.2) is 52.3 Å². The molecule has 1 saturated heterocycles. The molecule has 1 aliphatic rings. The number of halogens is 3. The minimum atomic E-state index is -4.54. The molecule has 0 spiro atoms. The third kappa shape index (κ3) is 4.14. The van der Waals surface area contributed by atoms with Crippen LogP contribution in [-0.2, 0) is 10.9 Å². The van der Waals surface area contributed by atoms with E-state index in [4.69, 9.17) is 4.74 Å². The molecule has 1 aromatic heterocycles. The molecule has 0 radical (unpaired) electrons. The van der Waals surface area contributed by atoms with E-state index < -0.39 is 17.5 Å². The number of benzene rings is 1. The van der Waals surface area contributed by atoms with E-state index >= 15 is 0 Å². The van der Waals surface area contributed by atoms with Crippen LogP contribution in [0, 0.1) is 6.92 Å². The fourth-order valence-electron chi connectivity index (χ4n) is 3.23. The number of hydrogen-bond acceptors (Lipinski definition) is 6. The Kier molecular flexibility index (Phi) is 5.25. The lowest BCUT2D eigenvalue weighted by Gasteiger charge is -2.36. The fourth-order valence-corrected chi connectivity index (χ4v) is 3.23. The summed E-state index contributed by atoms with van der Waals surface area (Å²) in [5.74, 6) is 0.0705. The van der Waals surface area contributed by atoms with E-state index in [2.05, 4.69) is 10.2 Å². The number of rotatable bonds is 3. The summed E-state index contributed by atoms with van der Waals surface area (Å²) in [4.78, 5) is 1.92. The first kappa shape index (κ1) is 19.4. The van der Waals surface area contributed by atoms with Crippen molar-refractivity contribution < 1.29 is 28.1 Å². The third-order valence-corrected chi connectivity index (χ3v) is 4.40. The third-order valence-electron chi connectivity index (χ3n) is 4.40. The Morgan fingerprint density at radius 1 is 1.22 bits per heavy atom. The van der Waals surface area contributed by atoms with Gasteiger partial charge >= 0.3 is 6.18 Å². The van der Waals surface area contributed by atoms with Gasteiger partial charge in [-0.1, -0.05) is 0 Å². The van der Waals surface area contributed by atoms with Crippen molar-refractivity contribution in [2.24, 2.45) is 0 Å². The number of aromatic hydroxyl groups is 1. The van der Waals surface area contributed by atoms with E-state index in [0.29, 0.717) is 25.0 Å². The van der Waals surface area contributed by atoms with Gasteiger partial charge in [0, 0.05) is 18.7 Å². The monoisotopic (exact) mass is 383 g/mol. The summed E-state index contributed by atoms with van der Waals surface area (Å²) in [5.41, 5.74) is -0.166. The van der Waals surface area contributed by atoms with Gasteiger partial charge in [-0.15, -0.1) is 10.2 Å². The zero-order valence-electron chi connectivity index (χ0n) is 14.9. The Bertz CT molecular complexity index is 789. The number of morpholine rings is 1. The first-order chi connectivity index (χ1) is 12.7. The smallest absolute Gasteiger partial charge is 0.416 e. The molecule has 1 fully saturated rings. The van der Waals surface area contributed by atoms with Crippen molar-refractivity contribution in [3.8, 4) is 17.0 Å². The van der Waals surface area contributed by atoms with Crippen LogP contribution in [0.1, 0.15) is 18.1 Å². The number of aliphatic hydroxyl groups excluding tert-OH is 1. The predicted molar refractivity (Wildman–Crippen MR) is 92.5 cm³/mol. The topological polar surface area (TPSA) is 78.7 Å². The van der Waals surface area contributed by atoms with E-state index in [9.17, 15) is 23.4 Å². The lowest BCUT2D eigenvalue weighted by atomic mass is 10.0. The molecule has 6 nitrogen and oxygen atoms in total. The molecule has 1 aromatic carbocycles. The second-order valence-electron chi connectivity index (χ2n) is 6.62. The van der Waals surface area contributed by atoms with E-state index in [-0.39, 0.29) is 35.6 Å². The highest BCUT2D eigenvalue weighted by atomic mass is 19.4. The second kappa shape index (κ2) is 7.32. The molecule has 3 rings (SSSR count). The zero-order chi connectivity index (χ0) is 19.8. The van der Waals surface area contributed by atoms with Crippen LogP contribution in [0.4, 0.5) is 19.0 Å². The quantitative estimate of drug-likeness (QED) is 0.849. The number of hydrogen-bond donors (Lipinski definition) is 2. The van der Waals surface area contributed by atoms with Gasteiger partial charge in [-0.3, -0.25) is 0 Å². The maximum atomic E-state index is 12.9. The van der Waals surface area contributed by atoms with Crippen LogP contribution in [0.3, 0.4) is 0 Å². The summed E-state index contributed by atoms with van der Waals surface area (Å²) >= 11 is 0. The van der Waals surface area contributed by atoms with Gasteiger partial charge in [0.05, 0.1) is 30.1 Å². The van der Waals surface area contributed by atoms with Gasteiger partial charge in [-0.25, -0.2) is 0 Å². The molecule has 146 valence electrons. The molecule has 2 aromatic rings. The average molecular weight is 383 g/mol. The molecule has 2 atom stereocenters. The standard InChI is InChI=1S/C18H20F3N3O3/c1-10-5-12(18(19,20)21)6-15(26)17(10)14-3-4-16(23-22-14)24-7-11(2)27-13(8-24)9-25/h3-6,11,13,25-26H,7-9H2,1-2H3/t11-,13+/m1/s1. The number of alkyl halides is 3. The summed E-state index contributed by atoms with van der Waals surface area (Å²) in [7, 11) is 0.